The lowest BCUT2D eigenvalue weighted by molar-refractivity contribution is -0.105. The minimum atomic E-state index is -0.627. The fourth-order valence-corrected chi connectivity index (χ4v) is 3.88. The summed E-state index contributed by atoms with van der Waals surface area (Å²) in [6, 6.07) is 9.27. The Labute approximate surface area is 194 Å². The normalized spacial score (nSPS) is 13.0. The van der Waals surface area contributed by atoms with Gasteiger partial charge in [0.05, 0.1) is 11.3 Å². The lowest BCUT2D eigenvalue weighted by atomic mass is 9.94. The van der Waals surface area contributed by atoms with Crippen molar-refractivity contribution >= 4 is 29.7 Å². The van der Waals surface area contributed by atoms with Crippen LogP contribution in [0.15, 0.2) is 42.5 Å². The number of hydrogen-bond donors (Lipinski definition) is 2. The zero-order valence-corrected chi connectivity index (χ0v) is 19.7. The summed E-state index contributed by atoms with van der Waals surface area (Å²) in [6.07, 6.45) is 0.145. The van der Waals surface area contributed by atoms with Crippen LogP contribution in [0.25, 0.3) is 11.1 Å². The highest BCUT2D eigenvalue weighted by Crippen LogP contribution is 2.37. The fraction of sp³-hybridized carbons (Fsp3) is 0.320. The predicted octanol–water partition coefficient (Wildman–Crippen LogP) is 3.83. The summed E-state index contributed by atoms with van der Waals surface area (Å²) in [5, 5.41) is 1.36. The van der Waals surface area contributed by atoms with E-state index < -0.39 is 11.7 Å². The molecule has 0 saturated heterocycles. The van der Waals surface area contributed by atoms with Gasteiger partial charge in [-0.1, -0.05) is 18.7 Å². The maximum absolute atomic E-state index is 12.9. The molecule has 0 atom stereocenters. The van der Waals surface area contributed by atoms with Crippen molar-refractivity contribution in [3.05, 3.63) is 59.2 Å². The molecule has 0 spiro atoms. The number of nitrogen functional groups attached to an aromatic ring is 1. The van der Waals surface area contributed by atoms with Crippen LogP contribution in [-0.2, 0) is 16.1 Å². The molecule has 0 unspecified atom stereocenters. The highest BCUT2D eigenvalue weighted by molar-refractivity contribution is 6.05. The van der Waals surface area contributed by atoms with Gasteiger partial charge in [-0.3, -0.25) is 9.59 Å². The second-order valence-corrected chi connectivity index (χ2v) is 9.03. The first-order chi connectivity index (χ1) is 15.5. The molecule has 2 aromatic rings. The molecule has 1 aliphatic rings. The van der Waals surface area contributed by atoms with Crippen molar-refractivity contribution in [2.24, 2.45) is 0 Å². The van der Waals surface area contributed by atoms with Crippen molar-refractivity contribution in [3.63, 3.8) is 0 Å². The lowest BCUT2D eigenvalue weighted by Crippen LogP contribution is -2.44. The van der Waals surface area contributed by atoms with Crippen LogP contribution in [0.2, 0.25) is 0 Å². The lowest BCUT2D eigenvalue weighted by Gasteiger charge is -2.27. The number of benzene rings is 2. The molecule has 0 aromatic heterocycles. The first-order valence-electron chi connectivity index (χ1n) is 10.6. The standard InChI is InChI=1S/C25H30N4O4/c1-15(14-30)12-28-13-19-18(8-9-20(26)22(19)23(28)31)17-7-10-21(16(2)11-17)29(27-6)24(32)33-25(3,4)5/h7-11,14,27H,1,12-13,26H2,2-6H3. The molecule has 0 radical (unpaired) electrons. The van der Waals surface area contributed by atoms with E-state index in [1.807, 2.05) is 52.0 Å². The molecule has 8 nitrogen and oxygen atoms in total. The smallest absolute Gasteiger partial charge is 0.429 e. The number of carbonyl (C=O) groups excluding carboxylic acids is 3. The summed E-state index contributed by atoms with van der Waals surface area (Å²) in [5.41, 5.74) is 13.6. The van der Waals surface area contributed by atoms with Crippen LogP contribution in [0.5, 0.6) is 0 Å². The molecule has 174 valence electrons. The number of anilines is 2. The van der Waals surface area contributed by atoms with E-state index in [1.165, 1.54) is 5.01 Å². The van der Waals surface area contributed by atoms with E-state index in [2.05, 4.69) is 12.0 Å². The Balaban J connectivity index is 1.98. The van der Waals surface area contributed by atoms with Crippen molar-refractivity contribution in [3.8, 4) is 11.1 Å². The third-order valence-corrected chi connectivity index (χ3v) is 5.30. The maximum Gasteiger partial charge on any atom is 0.429 e. The summed E-state index contributed by atoms with van der Waals surface area (Å²) >= 11 is 0. The van der Waals surface area contributed by atoms with E-state index in [-0.39, 0.29) is 12.5 Å². The Hall–Kier alpha value is -3.65. The molecule has 8 heteroatoms. The van der Waals surface area contributed by atoms with Crippen LogP contribution in [0.1, 0.15) is 42.3 Å². The Morgan fingerprint density at radius 3 is 2.58 bits per heavy atom. The van der Waals surface area contributed by atoms with Crippen LogP contribution in [-0.4, -0.2) is 42.4 Å². The second kappa shape index (κ2) is 9.07. The maximum atomic E-state index is 12.9. The van der Waals surface area contributed by atoms with Crippen LogP contribution in [0.4, 0.5) is 16.2 Å². The molecular weight excluding hydrogens is 420 g/mol. The van der Waals surface area contributed by atoms with Gasteiger partial charge < -0.3 is 15.4 Å². The average molecular weight is 451 g/mol. The second-order valence-electron chi connectivity index (χ2n) is 9.03. The van der Waals surface area contributed by atoms with Gasteiger partial charge in [0.25, 0.3) is 5.91 Å². The highest BCUT2D eigenvalue weighted by atomic mass is 16.6. The molecular formula is C25H30N4O4. The van der Waals surface area contributed by atoms with Crippen molar-refractivity contribution in [1.82, 2.24) is 10.3 Å². The zero-order valence-electron chi connectivity index (χ0n) is 19.7. The number of aldehydes is 1. The summed E-state index contributed by atoms with van der Waals surface area (Å²) in [6.45, 7) is 11.5. The zero-order chi connectivity index (χ0) is 24.5. The van der Waals surface area contributed by atoms with E-state index in [0.29, 0.717) is 35.3 Å². The molecule has 0 aliphatic carbocycles. The highest BCUT2D eigenvalue weighted by Gasteiger charge is 2.32. The number of amides is 2. The number of aryl methyl sites for hydroxylation is 1. The van der Waals surface area contributed by atoms with Gasteiger partial charge in [0.1, 0.15) is 11.9 Å². The minimum absolute atomic E-state index is 0.154. The molecule has 3 rings (SSSR count). The third kappa shape index (κ3) is 4.90. The SMILES string of the molecule is C=C(C=O)CN1Cc2c(-c3ccc(N(NC)C(=O)OC(C)(C)C)c(C)c3)ccc(N)c2C1=O. The van der Waals surface area contributed by atoms with Gasteiger partial charge in [-0.2, -0.15) is 0 Å². The van der Waals surface area contributed by atoms with Crippen LogP contribution < -0.4 is 16.2 Å². The van der Waals surface area contributed by atoms with Crippen molar-refractivity contribution in [1.29, 1.82) is 0 Å². The van der Waals surface area contributed by atoms with E-state index in [0.717, 1.165) is 22.3 Å². The summed E-state index contributed by atoms with van der Waals surface area (Å²) in [5.74, 6) is -0.216. The molecule has 0 saturated carbocycles. The molecule has 2 aromatic carbocycles. The largest absolute Gasteiger partial charge is 0.442 e. The third-order valence-electron chi connectivity index (χ3n) is 5.30. The molecule has 1 heterocycles. The van der Waals surface area contributed by atoms with Gasteiger partial charge in [0, 0.05) is 31.4 Å². The number of nitrogens with zero attached hydrogens (tertiary/aromatic N) is 2. The molecule has 0 bridgehead atoms. The first kappa shape index (κ1) is 24.0. The van der Waals surface area contributed by atoms with Gasteiger partial charge in [0.2, 0.25) is 0 Å². The Kier molecular flexibility index (Phi) is 6.60. The Morgan fingerprint density at radius 1 is 1.30 bits per heavy atom. The predicted molar refractivity (Wildman–Crippen MR) is 129 cm³/mol. The molecule has 0 fully saturated rings. The van der Waals surface area contributed by atoms with Crippen LogP contribution in [0, 0.1) is 6.92 Å². The first-order valence-corrected chi connectivity index (χ1v) is 10.6. The topological polar surface area (TPSA) is 105 Å². The molecule has 1 aliphatic heterocycles. The van der Waals surface area contributed by atoms with E-state index >= 15 is 0 Å². The molecule has 2 amide bonds. The van der Waals surface area contributed by atoms with Gasteiger partial charge in [-0.15, -0.1) is 0 Å². The summed E-state index contributed by atoms with van der Waals surface area (Å²) in [4.78, 5) is 38.1. The number of rotatable bonds is 6. The number of nitrogens with one attached hydrogen (secondary N) is 1. The summed E-state index contributed by atoms with van der Waals surface area (Å²) < 4.78 is 5.49. The van der Waals surface area contributed by atoms with Gasteiger partial charge in [-0.25, -0.2) is 15.2 Å². The number of nitrogens with two attached hydrogens (primary N) is 1. The molecule has 33 heavy (non-hydrogen) atoms. The van der Waals surface area contributed by atoms with E-state index in [9.17, 15) is 14.4 Å². The number of carbonyl (C=O) groups is 3. The van der Waals surface area contributed by atoms with Crippen molar-refractivity contribution in [2.75, 3.05) is 24.3 Å². The van der Waals surface area contributed by atoms with Crippen molar-refractivity contribution in [2.45, 2.75) is 39.8 Å². The Morgan fingerprint density at radius 2 is 2.00 bits per heavy atom. The average Bonchev–Trinajstić information content (AvgIpc) is 3.05. The monoisotopic (exact) mass is 450 g/mol. The van der Waals surface area contributed by atoms with Gasteiger partial charge in [0.15, 0.2) is 0 Å². The van der Waals surface area contributed by atoms with Gasteiger partial charge in [-0.05, 0) is 68.1 Å². The van der Waals surface area contributed by atoms with Crippen LogP contribution in [0.3, 0.4) is 0 Å². The summed E-state index contributed by atoms with van der Waals surface area (Å²) in [7, 11) is 1.65. The Bertz CT molecular complexity index is 1130. The van der Waals surface area contributed by atoms with Crippen molar-refractivity contribution < 1.29 is 19.1 Å². The fourth-order valence-electron chi connectivity index (χ4n) is 3.88. The number of fused-ring (bicyclic) bond motifs is 1. The quantitative estimate of drug-likeness (QED) is 0.300. The number of hydrogen-bond acceptors (Lipinski definition) is 6. The van der Waals surface area contributed by atoms with E-state index in [4.69, 9.17) is 10.5 Å². The molecule has 3 N–H and O–H groups in total. The number of hydrazine groups is 1. The minimum Gasteiger partial charge on any atom is -0.442 e. The van der Waals surface area contributed by atoms with Crippen LogP contribution >= 0.6 is 0 Å². The number of ether oxygens (including phenoxy) is 1. The van der Waals surface area contributed by atoms with E-state index in [1.54, 1.807) is 18.0 Å². The van der Waals surface area contributed by atoms with Gasteiger partial charge >= 0.3 is 6.09 Å².